The summed E-state index contributed by atoms with van der Waals surface area (Å²) in [5, 5.41) is 0. The average molecular weight is 371 g/mol. The monoisotopic (exact) mass is 371 g/mol. The number of likely N-dealkylation sites (tertiary alicyclic amines) is 1. The molecular weight excluding hydrogens is 350 g/mol. The van der Waals surface area contributed by atoms with Crippen LogP contribution in [0.1, 0.15) is 35.0 Å². The van der Waals surface area contributed by atoms with Crippen molar-refractivity contribution in [2.75, 3.05) is 13.7 Å². The minimum Gasteiger partial charge on any atom is -0.496 e. The first-order valence-corrected chi connectivity index (χ1v) is 8.62. The van der Waals surface area contributed by atoms with Gasteiger partial charge in [0.15, 0.2) is 5.78 Å². The Labute approximate surface area is 156 Å². The molecule has 1 aliphatic heterocycles. The fraction of sp³-hybridized carbons (Fsp3) is 0.350. The van der Waals surface area contributed by atoms with Gasteiger partial charge in [0.1, 0.15) is 18.1 Å². The van der Waals surface area contributed by atoms with Gasteiger partial charge >= 0.3 is 5.97 Å². The number of Topliss-reactive ketones (excluding diaryl/α,β-unsaturated/α-hetero) is 1. The van der Waals surface area contributed by atoms with Gasteiger partial charge in [0, 0.05) is 24.1 Å². The number of ether oxygens (including phenoxy) is 2. The lowest BCUT2D eigenvalue weighted by Crippen LogP contribution is -2.26. The van der Waals surface area contributed by atoms with Crippen molar-refractivity contribution in [3.63, 3.8) is 0 Å². The molecule has 3 rings (SSSR count). The number of nitrogens with zero attached hydrogens (tertiary/aromatic N) is 1. The van der Waals surface area contributed by atoms with E-state index in [4.69, 9.17) is 13.9 Å². The summed E-state index contributed by atoms with van der Waals surface area (Å²) >= 11 is 0. The molecule has 0 radical (unpaired) electrons. The van der Waals surface area contributed by atoms with Crippen LogP contribution in [-0.4, -0.2) is 36.2 Å². The molecule has 2 heterocycles. The third-order valence-electron chi connectivity index (χ3n) is 4.53. The number of hydrogen-bond donors (Lipinski definition) is 0. The van der Waals surface area contributed by atoms with E-state index in [0.717, 1.165) is 0 Å². The van der Waals surface area contributed by atoms with E-state index in [0.29, 0.717) is 35.7 Å². The smallest absolute Gasteiger partial charge is 0.311 e. The van der Waals surface area contributed by atoms with Gasteiger partial charge < -0.3 is 18.8 Å². The summed E-state index contributed by atoms with van der Waals surface area (Å²) in [6, 6.07) is 8.52. The van der Waals surface area contributed by atoms with E-state index >= 15 is 0 Å². The van der Waals surface area contributed by atoms with Gasteiger partial charge in [0.2, 0.25) is 5.91 Å². The van der Waals surface area contributed by atoms with Gasteiger partial charge in [-0.1, -0.05) is 0 Å². The van der Waals surface area contributed by atoms with E-state index in [-0.39, 0.29) is 24.7 Å². The highest BCUT2D eigenvalue weighted by Gasteiger charge is 2.35. The van der Waals surface area contributed by atoms with Crippen LogP contribution in [0, 0.1) is 5.92 Å². The zero-order valence-electron chi connectivity index (χ0n) is 15.3. The molecule has 27 heavy (non-hydrogen) atoms. The molecule has 1 amide bonds. The topological polar surface area (TPSA) is 86.0 Å². The van der Waals surface area contributed by atoms with Crippen LogP contribution in [0.2, 0.25) is 0 Å². The molecule has 1 fully saturated rings. The lowest BCUT2D eigenvalue weighted by molar-refractivity contribution is -0.149. The Morgan fingerprint density at radius 3 is 2.78 bits per heavy atom. The number of carbonyl (C=O) groups is 3. The summed E-state index contributed by atoms with van der Waals surface area (Å²) < 4.78 is 15.9. The zero-order chi connectivity index (χ0) is 19.4. The van der Waals surface area contributed by atoms with Gasteiger partial charge in [-0.2, -0.15) is 0 Å². The van der Waals surface area contributed by atoms with E-state index in [2.05, 4.69) is 0 Å². The molecule has 0 saturated carbocycles. The average Bonchev–Trinajstić information content (AvgIpc) is 3.30. The minimum atomic E-state index is -0.519. The van der Waals surface area contributed by atoms with Crippen LogP contribution in [0.15, 0.2) is 41.0 Å². The first kappa shape index (κ1) is 18.7. The quantitative estimate of drug-likeness (QED) is 0.549. The highest BCUT2D eigenvalue weighted by atomic mass is 16.5. The van der Waals surface area contributed by atoms with Gasteiger partial charge in [0.05, 0.1) is 25.8 Å². The number of hydrogen-bond acceptors (Lipinski definition) is 6. The van der Waals surface area contributed by atoms with E-state index < -0.39 is 11.9 Å². The van der Waals surface area contributed by atoms with Gasteiger partial charge in [-0.05, 0) is 37.3 Å². The summed E-state index contributed by atoms with van der Waals surface area (Å²) in [4.78, 5) is 37.7. The van der Waals surface area contributed by atoms with Crippen molar-refractivity contribution < 1.29 is 28.3 Å². The number of furan rings is 1. The highest BCUT2D eigenvalue weighted by Crippen LogP contribution is 2.24. The maximum absolute atomic E-state index is 12.4. The van der Waals surface area contributed by atoms with E-state index in [1.54, 1.807) is 41.5 Å². The Morgan fingerprint density at radius 2 is 2.11 bits per heavy atom. The first-order valence-electron chi connectivity index (χ1n) is 8.62. The van der Waals surface area contributed by atoms with Gasteiger partial charge in [-0.25, -0.2) is 0 Å². The van der Waals surface area contributed by atoms with Gasteiger partial charge in [0.25, 0.3) is 0 Å². The van der Waals surface area contributed by atoms with Crippen LogP contribution in [0.4, 0.5) is 0 Å². The molecule has 2 aromatic rings. The third-order valence-corrected chi connectivity index (χ3v) is 4.53. The number of rotatable bonds is 7. The van der Waals surface area contributed by atoms with Gasteiger partial charge in [-0.3, -0.25) is 14.4 Å². The van der Waals surface area contributed by atoms with Crippen LogP contribution in [0.3, 0.4) is 0 Å². The highest BCUT2D eigenvalue weighted by molar-refractivity contribution is 5.94. The normalized spacial score (nSPS) is 16.4. The molecule has 0 unspecified atom stereocenters. The molecule has 0 N–H and O–H groups in total. The van der Waals surface area contributed by atoms with Crippen molar-refractivity contribution in [1.82, 2.24) is 4.90 Å². The molecule has 7 nitrogen and oxygen atoms in total. The molecule has 1 saturated heterocycles. The van der Waals surface area contributed by atoms with E-state index in [9.17, 15) is 14.4 Å². The molecule has 1 atom stereocenters. The van der Waals surface area contributed by atoms with Crippen LogP contribution < -0.4 is 4.74 Å². The molecule has 0 aliphatic carbocycles. The molecule has 1 aliphatic rings. The van der Waals surface area contributed by atoms with Crippen LogP contribution in [-0.2, 0) is 27.5 Å². The maximum atomic E-state index is 12.4. The number of amides is 1. The summed E-state index contributed by atoms with van der Waals surface area (Å²) in [5.41, 5.74) is 1.12. The summed E-state index contributed by atoms with van der Waals surface area (Å²) in [7, 11) is 1.51. The maximum Gasteiger partial charge on any atom is 0.311 e. The van der Waals surface area contributed by atoms with Crippen molar-refractivity contribution in [3.8, 4) is 5.75 Å². The molecule has 0 spiro atoms. The number of ketones is 1. The van der Waals surface area contributed by atoms with Crippen molar-refractivity contribution in [1.29, 1.82) is 0 Å². The standard InChI is InChI=1S/C20H21NO6/c1-13(22)14-5-6-18(25-2)16(8-14)12-27-20(24)15-9-19(23)21(10-15)11-17-4-3-7-26-17/h3-8,15H,9-12H2,1-2H3/t15-/m0/s1. The van der Waals surface area contributed by atoms with Crippen LogP contribution >= 0.6 is 0 Å². The first-order chi connectivity index (χ1) is 13.0. The van der Waals surface area contributed by atoms with E-state index in [1.807, 2.05) is 0 Å². The minimum absolute atomic E-state index is 0.0218. The Balaban J connectivity index is 1.60. The van der Waals surface area contributed by atoms with Gasteiger partial charge in [-0.15, -0.1) is 0 Å². The van der Waals surface area contributed by atoms with Crippen molar-refractivity contribution in [2.24, 2.45) is 5.92 Å². The molecule has 1 aromatic heterocycles. The Hall–Kier alpha value is -3.09. The van der Waals surface area contributed by atoms with Crippen molar-refractivity contribution in [3.05, 3.63) is 53.5 Å². The molecule has 7 heteroatoms. The zero-order valence-corrected chi connectivity index (χ0v) is 15.3. The predicted octanol–water partition coefficient (Wildman–Crippen LogP) is 2.58. The van der Waals surface area contributed by atoms with Crippen molar-refractivity contribution in [2.45, 2.75) is 26.5 Å². The van der Waals surface area contributed by atoms with E-state index in [1.165, 1.54) is 14.0 Å². The second-order valence-electron chi connectivity index (χ2n) is 6.45. The lowest BCUT2D eigenvalue weighted by Gasteiger charge is -2.15. The summed E-state index contributed by atoms with van der Waals surface area (Å²) in [6.45, 7) is 2.08. The largest absolute Gasteiger partial charge is 0.496 e. The summed E-state index contributed by atoms with van der Waals surface area (Å²) in [5.74, 6) is 0.0533. The molecular formula is C20H21NO6. The Morgan fingerprint density at radius 1 is 1.30 bits per heavy atom. The number of methoxy groups -OCH3 is 1. The number of carbonyl (C=O) groups excluding carboxylic acids is 3. The fourth-order valence-electron chi connectivity index (χ4n) is 3.05. The SMILES string of the molecule is COc1ccc(C(C)=O)cc1COC(=O)[C@H]1CC(=O)N(Cc2ccco2)C1. The van der Waals surface area contributed by atoms with Crippen LogP contribution in [0.5, 0.6) is 5.75 Å². The fourth-order valence-corrected chi connectivity index (χ4v) is 3.05. The lowest BCUT2D eigenvalue weighted by atomic mass is 10.1. The third kappa shape index (κ3) is 4.36. The molecule has 142 valence electrons. The number of esters is 1. The summed E-state index contributed by atoms with van der Waals surface area (Å²) in [6.07, 6.45) is 1.66. The Bertz CT molecular complexity index is 842. The second-order valence-corrected chi connectivity index (χ2v) is 6.45. The Kier molecular flexibility index (Phi) is 5.59. The van der Waals surface area contributed by atoms with Crippen molar-refractivity contribution >= 4 is 17.7 Å². The molecule has 1 aromatic carbocycles. The molecule has 0 bridgehead atoms. The van der Waals surface area contributed by atoms with Crippen LogP contribution in [0.25, 0.3) is 0 Å². The predicted molar refractivity (Wildman–Crippen MR) is 95.0 cm³/mol. The second kappa shape index (κ2) is 8.07. The number of benzene rings is 1.